The molecule has 0 N–H and O–H groups in total. The fourth-order valence-corrected chi connectivity index (χ4v) is 1.10. The molecule has 1 nitrogen and oxygen atoms in total. The van der Waals surface area contributed by atoms with E-state index in [4.69, 9.17) is 0 Å². The smallest absolute Gasteiger partial charge is 0.0172 e. The largest absolute Gasteiger partial charge is 0.378 e. The highest BCUT2D eigenvalue weighted by atomic mass is 15.1. The zero-order chi connectivity index (χ0) is 9.23. The lowest BCUT2D eigenvalue weighted by Gasteiger charge is -2.23. The Morgan fingerprint density at radius 1 is 1.08 bits per heavy atom. The van der Waals surface area contributed by atoms with E-state index in [-0.39, 0.29) is 0 Å². The van der Waals surface area contributed by atoms with E-state index in [2.05, 4.69) is 25.3 Å². The summed E-state index contributed by atoms with van der Waals surface area (Å²) in [7, 11) is 0. The van der Waals surface area contributed by atoms with E-state index in [0.717, 1.165) is 0 Å². The molecule has 0 radical (unpaired) electrons. The summed E-state index contributed by atoms with van der Waals surface area (Å²) in [6.45, 7) is 10.5. The van der Waals surface area contributed by atoms with Crippen molar-refractivity contribution in [2.45, 2.75) is 46.0 Å². The van der Waals surface area contributed by atoms with Crippen molar-refractivity contribution in [1.82, 2.24) is 4.90 Å². The molecule has 1 fully saturated rings. The fraction of sp³-hybridized carbons (Fsp3) is 0.818. The second-order valence-corrected chi connectivity index (χ2v) is 3.28. The van der Waals surface area contributed by atoms with Gasteiger partial charge < -0.3 is 4.90 Å². The Balaban J connectivity index is 0.000000261. The average molecular weight is 169 g/mol. The molecule has 0 aromatic heterocycles. The van der Waals surface area contributed by atoms with Gasteiger partial charge in [-0.25, -0.2) is 0 Å². The minimum Gasteiger partial charge on any atom is -0.378 e. The van der Waals surface area contributed by atoms with Gasteiger partial charge in [0, 0.05) is 13.1 Å². The van der Waals surface area contributed by atoms with Gasteiger partial charge in [0.05, 0.1) is 0 Å². The van der Waals surface area contributed by atoms with Crippen LogP contribution in [0.2, 0.25) is 0 Å². The molecule has 1 aliphatic heterocycles. The lowest BCUT2D eigenvalue weighted by atomic mass is 10.1. The summed E-state index contributed by atoms with van der Waals surface area (Å²) in [5, 5.41) is 0. The van der Waals surface area contributed by atoms with Crippen molar-refractivity contribution in [1.29, 1.82) is 0 Å². The number of likely N-dealkylation sites (tertiary alicyclic amines) is 1. The van der Waals surface area contributed by atoms with Crippen molar-refractivity contribution in [2.24, 2.45) is 0 Å². The SMILES string of the molecule is C=CN1CCCCC1.CCCC. The van der Waals surface area contributed by atoms with Crippen LogP contribution in [0.25, 0.3) is 0 Å². The van der Waals surface area contributed by atoms with Crippen molar-refractivity contribution in [3.05, 3.63) is 12.8 Å². The quantitative estimate of drug-likeness (QED) is 0.612. The second-order valence-electron chi connectivity index (χ2n) is 3.28. The maximum absolute atomic E-state index is 3.71. The molecule has 0 aliphatic carbocycles. The highest BCUT2D eigenvalue weighted by molar-refractivity contribution is 4.73. The molecule has 1 heteroatoms. The molecule has 1 rings (SSSR count). The van der Waals surface area contributed by atoms with Gasteiger partial charge in [-0.15, -0.1) is 0 Å². The first-order chi connectivity index (χ1) is 5.85. The number of unbranched alkanes of at least 4 members (excludes halogenated alkanes) is 1. The number of nitrogens with zero attached hydrogens (tertiary/aromatic N) is 1. The minimum atomic E-state index is 1.23. The van der Waals surface area contributed by atoms with Gasteiger partial charge in [-0.1, -0.05) is 33.3 Å². The molecular weight excluding hydrogens is 146 g/mol. The summed E-state index contributed by atoms with van der Waals surface area (Å²) in [6.07, 6.45) is 8.70. The van der Waals surface area contributed by atoms with Gasteiger partial charge in [0.15, 0.2) is 0 Å². The Bertz CT molecular complexity index is 91.2. The minimum absolute atomic E-state index is 1.23. The standard InChI is InChI=1S/C7H13N.C4H10/c1-2-8-6-4-3-5-7-8;1-3-4-2/h2H,1,3-7H2;3-4H2,1-2H3. The fourth-order valence-electron chi connectivity index (χ4n) is 1.10. The van der Waals surface area contributed by atoms with Crippen LogP contribution in [0.4, 0.5) is 0 Å². The van der Waals surface area contributed by atoms with Crippen LogP contribution in [0.1, 0.15) is 46.0 Å². The van der Waals surface area contributed by atoms with Gasteiger partial charge >= 0.3 is 0 Å². The first-order valence-electron chi connectivity index (χ1n) is 5.21. The first-order valence-corrected chi connectivity index (χ1v) is 5.21. The van der Waals surface area contributed by atoms with Crippen molar-refractivity contribution in [3.8, 4) is 0 Å². The molecule has 1 saturated heterocycles. The molecule has 0 aromatic carbocycles. The lowest BCUT2D eigenvalue weighted by molar-refractivity contribution is 0.310. The summed E-state index contributed by atoms with van der Waals surface area (Å²) in [4.78, 5) is 2.28. The maximum atomic E-state index is 3.71. The third-order valence-corrected chi connectivity index (χ3v) is 2.15. The zero-order valence-corrected chi connectivity index (χ0v) is 8.68. The molecule has 1 aliphatic rings. The molecule has 0 saturated carbocycles. The molecule has 0 aromatic rings. The van der Waals surface area contributed by atoms with Crippen molar-refractivity contribution in [2.75, 3.05) is 13.1 Å². The third-order valence-electron chi connectivity index (χ3n) is 2.15. The molecule has 0 bridgehead atoms. The van der Waals surface area contributed by atoms with Crippen LogP contribution in [0.3, 0.4) is 0 Å². The molecule has 72 valence electrons. The van der Waals surface area contributed by atoms with E-state index in [1.807, 2.05) is 6.20 Å². The number of piperidine rings is 1. The number of hydrogen-bond donors (Lipinski definition) is 0. The van der Waals surface area contributed by atoms with Crippen molar-refractivity contribution in [3.63, 3.8) is 0 Å². The topological polar surface area (TPSA) is 3.24 Å². The second kappa shape index (κ2) is 8.63. The summed E-state index contributed by atoms with van der Waals surface area (Å²) < 4.78 is 0. The predicted octanol–water partition coefficient (Wildman–Crippen LogP) is 3.42. The average Bonchev–Trinajstić information content (AvgIpc) is 2.19. The highest BCUT2D eigenvalue weighted by Gasteiger charge is 2.03. The summed E-state index contributed by atoms with van der Waals surface area (Å²) in [6, 6.07) is 0. The number of rotatable bonds is 2. The van der Waals surface area contributed by atoms with Gasteiger partial charge in [0.25, 0.3) is 0 Å². The molecule has 0 spiro atoms. The van der Waals surface area contributed by atoms with Crippen LogP contribution < -0.4 is 0 Å². The van der Waals surface area contributed by atoms with E-state index in [9.17, 15) is 0 Å². The monoisotopic (exact) mass is 169 g/mol. The predicted molar refractivity (Wildman–Crippen MR) is 56.2 cm³/mol. The Morgan fingerprint density at radius 3 is 1.83 bits per heavy atom. The Hall–Kier alpha value is -0.460. The van der Waals surface area contributed by atoms with E-state index in [0.29, 0.717) is 0 Å². The Kier molecular flexibility index (Phi) is 8.30. The first kappa shape index (κ1) is 11.5. The van der Waals surface area contributed by atoms with E-state index in [1.54, 1.807) is 0 Å². The lowest BCUT2D eigenvalue weighted by Crippen LogP contribution is -2.23. The molecule has 0 atom stereocenters. The Morgan fingerprint density at radius 2 is 1.58 bits per heavy atom. The summed E-state index contributed by atoms with van der Waals surface area (Å²) in [5.41, 5.74) is 0. The summed E-state index contributed by atoms with van der Waals surface area (Å²) in [5.74, 6) is 0. The van der Waals surface area contributed by atoms with Crippen LogP contribution in [0, 0.1) is 0 Å². The van der Waals surface area contributed by atoms with Crippen LogP contribution in [0.5, 0.6) is 0 Å². The number of hydrogen-bond acceptors (Lipinski definition) is 1. The van der Waals surface area contributed by atoms with Gasteiger partial charge in [0.1, 0.15) is 0 Å². The highest BCUT2D eigenvalue weighted by Crippen LogP contribution is 2.07. The van der Waals surface area contributed by atoms with Crippen LogP contribution in [-0.4, -0.2) is 18.0 Å². The summed E-state index contributed by atoms with van der Waals surface area (Å²) >= 11 is 0. The molecule has 0 unspecified atom stereocenters. The third kappa shape index (κ3) is 6.26. The molecule has 1 heterocycles. The molecule has 12 heavy (non-hydrogen) atoms. The van der Waals surface area contributed by atoms with Gasteiger partial charge in [0.2, 0.25) is 0 Å². The van der Waals surface area contributed by atoms with Crippen LogP contribution in [-0.2, 0) is 0 Å². The normalized spacial score (nSPS) is 16.3. The van der Waals surface area contributed by atoms with Gasteiger partial charge in [-0.05, 0) is 25.5 Å². The zero-order valence-electron chi connectivity index (χ0n) is 8.68. The van der Waals surface area contributed by atoms with Crippen LogP contribution >= 0.6 is 0 Å². The van der Waals surface area contributed by atoms with Gasteiger partial charge in [-0.2, -0.15) is 0 Å². The van der Waals surface area contributed by atoms with Crippen molar-refractivity contribution < 1.29 is 0 Å². The van der Waals surface area contributed by atoms with E-state index in [1.165, 1.54) is 45.2 Å². The van der Waals surface area contributed by atoms with Crippen LogP contribution in [0.15, 0.2) is 12.8 Å². The Labute approximate surface area is 77.5 Å². The van der Waals surface area contributed by atoms with Gasteiger partial charge in [-0.3, -0.25) is 0 Å². The molecular formula is C11H23N. The van der Waals surface area contributed by atoms with E-state index >= 15 is 0 Å². The van der Waals surface area contributed by atoms with Crippen molar-refractivity contribution >= 4 is 0 Å². The van der Waals surface area contributed by atoms with E-state index < -0.39 is 0 Å². The molecule has 0 amide bonds. The maximum Gasteiger partial charge on any atom is 0.0172 e.